The van der Waals surface area contributed by atoms with Gasteiger partial charge < -0.3 is 15.3 Å². The van der Waals surface area contributed by atoms with E-state index in [-0.39, 0.29) is 17.9 Å². The van der Waals surface area contributed by atoms with Crippen LogP contribution in [-0.2, 0) is 11.2 Å². The molecule has 0 aliphatic rings. The van der Waals surface area contributed by atoms with E-state index < -0.39 is 5.97 Å². The Morgan fingerprint density at radius 3 is 2.50 bits per heavy atom. The van der Waals surface area contributed by atoms with E-state index in [4.69, 9.17) is 15.3 Å². The van der Waals surface area contributed by atoms with Gasteiger partial charge in [0, 0.05) is 6.42 Å². The van der Waals surface area contributed by atoms with Crippen LogP contribution in [0.1, 0.15) is 18.4 Å². The molecule has 4 nitrogen and oxygen atoms in total. The molecule has 1 aromatic carbocycles. The second-order valence-corrected chi connectivity index (χ2v) is 3.07. The second kappa shape index (κ2) is 4.50. The van der Waals surface area contributed by atoms with E-state index in [1.54, 1.807) is 6.07 Å². The normalized spacial score (nSPS) is 10.0. The fraction of sp³-hybridized carbons (Fsp3) is 0.300. The van der Waals surface area contributed by atoms with Gasteiger partial charge in [0.1, 0.15) is 0 Å². The summed E-state index contributed by atoms with van der Waals surface area (Å²) in [6, 6.07) is 4.50. The minimum Gasteiger partial charge on any atom is -0.504 e. The van der Waals surface area contributed by atoms with Crippen LogP contribution in [-0.4, -0.2) is 21.3 Å². The number of aliphatic carboxylic acids is 1. The van der Waals surface area contributed by atoms with Crippen molar-refractivity contribution >= 4 is 5.97 Å². The molecule has 76 valence electrons. The summed E-state index contributed by atoms with van der Waals surface area (Å²) in [6.45, 7) is 0. The van der Waals surface area contributed by atoms with E-state index in [1.165, 1.54) is 12.1 Å². The lowest BCUT2D eigenvalue weighted by atomic mass is 10.1. The standard InChI is InChI=1S/C10H12O4/c11-8-5-4-7(6-9(8)12)2-1-3-10(13)14/h4-6,11-12H,1-3H2,(H,13,14). The number of benzene rings is 1. The van der Waals surface area contributed by atoms with Crippen LogP contribution in [0.25, 0.3) is 0 Å². The van der Waals surface area contributed by atoms with Gasteiger partial charge in [-0.15, -0.1) is 0 Å². The molecule has 4 heteroatoms. The SMILES string of the molecule is O=C(O)CCCc1ccc(O)c(O)c1. The number of phenolic OH excluding ortho intramolecular Hbond substituents is 2. The van der Waals surface area contributed by atoms with Crippen molar-refractivity contribution in [3.8, 4) is 11.5 Å². The lowest BCUT2D eigenvalue weighted by Gasteiger charge is -2.02. The number of aryl methyl sites for hydroxylation is 1. The molecule has 0 heterocycles. The number of rotatable bonds is 4. The van der Waals surface area contributed by atoms with Gasteiger partial charge in [-0.3, -0.25) is 4.79 Å². The molecule has 0 radical (unpaired) electrons. The number of hydrogen-bond donors (Lipinski definition) is 3. The number of hydrogen-bond acceptors (Lipinski definition) is 3. The highest BCUT2D eigenvalue weighted by Gasteiger charge is 2.02. The van der Waals surface area contributed by atoms with Gasteiger partial charge in [0.25, 0.3) is 0 Å². The predicted molar refractivity (Wildman–Crippen MR) is 50.3 cm³/mol. The van der Waals surface area contributed by atoms with Crippen LogP contribution in [0.15, 0.2) is 18.2 Å². The highest BCUT2D eigenvalue weighted by molar-refractivity contribution is 5.66. The third-order valence-electron chi connectivity index (χ3n) is 1.90. The van der Waals surface area contributed by atoms with Crippen molar-refractivity contribution in [2.24, 2.45) is 0 Å². The maximum atomic E-state index is 10.2. The summed E-state index contributed by atoms with van der Waals surface area (Å²) in [5.74, 6) is -1.15. The fourth-order valence-corrected chi connectivity index (χ4v) is 1.17. The summed E-state index contributed by atoms with van der Waals surface area (Å²) in [5, 5.41) is 26.6. The largest absolute Gasteiger partial charge is 0.504 e. The average molecular weight is 196 g/mol. The van der Waals surface area contributed by atoms with Gasteiger partial charge in [0.15, 0.2) is 11.5 Å². The maximum absolute atomic E-state index is 10.2. The van der Waals surface area contributed by atoms with Gasteiger partial charge in [-0.2, -0.15) is 0 Å². The molecule has 0 amide bonds. The number of aromatic hydroxyl groups is 2. The highest BCUT2D eigenvalue weighted by Crippen LogP contribution is 2.25. The zero-order valence-electron chi connectivity index (χ0n) is 7.60. The molecule has 0 spiro atoms. The summed E-state index contributed by atoms with van der Waals surface area (Å²) in [7, 11) is 0. The molecule has 0 unspecified atom stereocenters. The lowest BCUT2D eigenvalue weighted by Crippen LogP contribution is -1.95. The van der Waals surface area contributed by atoms with Gasteiger partial charge >= 0.3 is 5.97 Å². The van der Waals surface area contributed by atoms with Crippen molar-refractivity contribution < 1.29 is 20.1 Å². The Balaban J connectivity index is 2.51. The van der Waals surface area contributed by atoms with Crippen LogP contribution in [0.3, 0.4) is 0 Å². The van der Waals surface area contributed by atoms with E-state index >= 15 is 0 Å². The van der Waals surface area contributed by atoms with E-state index in [0.29, 0.717) is 12.8 Å². The van der Waals surface area contributed by atoms with E-state index in [2.05, 4.69) is 0 Å². The Labute approximate surface area is 81.4 Å². The minimum absolute atomic E-state index is 0.113. The predicted octanol–water partition coefficient (Wildman–Crippen LogP) is 1.51. The summed E-state index contributed by atoms with van der Waals surface area (Å²) < 4.78 is 0. The maximum Gasteiger partial charge on any atom is 0.303 e. The quantitative estimate of drug-likeness (QED) is 0.638. The summed E-state index contributed by atoms with van der Waals surface area (Å²) in [4.78, 5) is 10.2. The average Bonchev–Trinajstić information content (AvgIpc) is 2.10. The first-order valence-electron chi connectivity index (χ1n) is 4.32. The summed E-state index contributed by atoms with van der Waals surface area (Å²) in [5.41, 5.74) is 0.821. The van der Waals surface area contributed by atoms with Crippen LogP contribution in [0, 0.1) is 0 Å². The first-order chi connectivity index (χ1) is 6.59. The van der Waals surface area contributed by atoms with Crippen LogP contribution in [0.5, 0.6) is 11.5 Å². The molecule has 0 aromatic heterocycles. The molecule has 3 N–H and O–H groups in total. The van der Waals surface area contributed by atoms with Gasteiger partial charge in [0.05, 0.1) is 0 Å². The van der Waals surface area contributed by atoms with E-state index in [1.807, 2.05) is 0 Å². The monoisotopic (exact) mass is 196 g/mol. The van der Waals surface area contributed by atoms with Crippen LogP contribution in [0.4, 0.5) is 0 Å². The molecule has 0 saturated carbocycles. The first-order valence-corrected chi connectivity index (χ1v) is 4.32. The first kappa shape index (κ1) is 10.4. The molecule has 1 aromatic rings. The minimum atomic E-state index is -0.826. The molecule has 0 saturated heterocycles. The molecule has 0 fully saturated rings. The van der Waals surface area contributed by atoms with Gasteiger partial charge in [0.2, 0.25) is 0 Å². The Morgan fingerprint density at radius 1 is 1.21 bits per heavy atom. The van der Waals surface area contributed by atoms with Crippen molar-refractivity contribution in [1.82, 2.24) is 0 Å². The van der Waals surface area contributed by atoms with Gasteiger partial charge in [-0.05, 0) is 30.5 Å². The van der Waals surface area contributed by atoms with E-state index in [9.17, 15) is 4.79 Å². The van der Waals surface area contributed by atoms with Crippen molar-refractivity contribution in [2.75, 3.05) is 0 Å². The van der Waals surface area contributed by atoms with Crippen LogP contribution < -0.4 is 0 Å². The molecule has 14 heavy (non-hydrogen) atoms. The Bertz CT molecular complexity index is 333. The summed E-state index contributed by atoms with van der Waals surface area (Å²) in [6.07, 6.45) is 1.22. The summed E-state index contributed by atoms with van der Waals surface area (Å²) >= 11 is 0. The Morgan fingerprint density at radius 2 is 1.93 bits per heavy atom. The smallest absolute Gasteiger partial charge is 0.303 e. The number of carboxylic acid groups (broad SMARTS) is 1. The zero-order chi connectivity index (χ0) is 10.6. The second-order valence-electron chi connectivity index (χ2n) is 3.07. The third kappa shape index (κ3) is 2.97. The van der Waals surface area contributed by atoms with Crippen molar-refractivity contribution in [3.05, 3.63) is 23.8 Å². The molecule has 1 rings (SSSR count). The fourth-order valence-electron chi connectivity index (χ4n) is 1.17. The molecular weight excluding hydrogens is 184 g/mol. The van der Waals surface area contributed by atoms with Crippen LogP contribution >= 0.6 is 0 Å². The van der Waals surface area contributed by atoms with Crippen molar-refractivity contribution in [3.63, 3.8) is 0 Å². The topological polar surface area (TPSA) is 77.8 Å². The van der Waals surface area contributed by atoms with Gasteiger partial charge in [-0.25, -0.2) is 0 Å². The molecule has 0 bridgehead atoms. The molecule has 0 atom stereocenters. The third-order valence-corrected chi connectivity index (χ3v) is 1.90. The lowest BCUT2D eigenvalue weighted by molar-refractivity contribution is -0.137. The Hall–Kier alpha value is -1.71. The molecule has 0 aliphatic carbocycles. The van der Waals surface area contributed by atoms with Crippen molar-refractivity contribution in [1.29, 1.82) is 0 Å². The number of phenols is 2. The number of carbonyl (C=O) groups is 1. The zero-order valence-corrected chi connectivity index (χ0v) is 7.60. The van der Waals surface area contributed by atoms with Gasteiger partial charge in [-0.1, -0.05) is 6.07 Å². The molecule has 0 aliphatic heterocycles. The van der Waals surface area contributed by atoms with Crippen molar-refractivity contribution in [2.45, 2.75) is 19.3 Å². The molecular formula is C10H12O4. The van der Waals surface area contributed by atoms with Crippen LogP contribution in [0.2, 0.25) is 0 Å². The highest BCUT2D eigenvalue weighted by atomic mass is 16.4. The van der Waals surface area contributed by atoms with E-state index in [0.717, 1.165) is 5.56 Å². The Kier molecular flexibility index (Phi) is 3.34. The number of carboxylic acids is 1.